The zero-order chi connectivity index (χ0) is 12.5. The van der Waals surface area contributed by atoms with E-state index in [0.29, 0.717) is 6.07 Å². The smallest absolute Gasteiger partial charge is 0.257 e. The highest BCUT2D eigenvalue weighted by molar-refractivity contribution is 6.65. The first-order chi connectivity index (χ1) is 7.34. The summed E-state index contributed by atoms with van der Waals surface area (Å²) in [5.74, 6) is -4.50. The molecule has 0 amide bonds. The average Bonchev–Trinajstić information content (AvgIpc) is 2.25. The van der Waals surface area contributed by atoms with E-state index in [-0.39, 0.29) is 0 Å². The van der Waals surface area contributed by atoms with Gasteiger partial charge in [0.1, 0.15) is 0 Å². The van der Waals surface area contributed by atoms with Gasteiger partial charge in [-0.1, -0.05) is 0 Å². The summed E-state index contributed by atoms with van der Waals surface area (Å²) in [5.41, 5.74) is -2.30. The maximum Gasteiger partial charge on any atom is 0.257 e. The van der Waals surface area contributed by atoms with Crippen LogP contribution >= 0.6 is 11.6 Å². The zero-order valence-electron chi connectivity index (χ0n) is 8.48. The summed E-state index contributed by atoms with van der Waals surface area (Å²) < 4.78 is 43.8. The standard InChI is InChI=1S/C10H8ClF3O2/c1-10(16-2,9(11)15)5-3-4-6(12)8(14)7(5)13/h3-4H,1-2H3/t10-/m0/s1. The van der Waals surface area contributed by atoms with Crippen molar-refractivity contribution in [3.63, 3.8) is 0 Å². The van der Waals surface area contributed by atoms with Crippen molar-refractivity contribution in [1.82, 2.24) is 0 Å². The lowest BCUT2D eigenvalue weighted by molar-refractivity contribution is -0.131. The first-order valence-electron chi connectivity index (χ1n) is 4.23. The van der Waals surface area contributed by atoms with Crippen molar-refractivity contribution < 1.29 is 22.7 Å². The fourth-order valence-electron chi connectivity index (χ4n) is 1.19. The fourth-order valence-corrected chi connectivity index (χ4v) is 1.37. The Balaban J connectivity index is 3.44. The molecule has 0 saturated carbocycles. The van der Waals surface area contributed by atoms with Crippen LogP contribution in [0.4, 0.5) is 13.2 Å². The summed E-state index contributed by atoms with van der Waals surface area (Å²) >= 11 is 5.24. The number of ether oxygens (including phenoxy) is 1. The monoisotopic (exact) mass is 252 g/mol. The number of methoxy groups -OCH3 is 1. The Kier molecular flexibility index (Phi) is 3.60. The molecule has 1 aromatic rings. The van der Waals surface area contributed by atoms with Crippen LogP contribution in [-0.2, 0) is 15.1 Å². The number of rotatable bonds is 3. The fraction of sp³-hybridized carbons (Fsp3) is 0.300. The van der Waals surface area contributed by atoms with E-state index in [1.54, 1.807) is 0 Å². The van der Waals surface area contributed by atoms with Crippen molar-refractivity contribution in [3.05, 3.63) is 35.1 Å². The third-order valence-electron chi connectivity index (χ3n) is 2.33. The minimum Gasteiger partial charge on any atom is -0.364 e. The first-order valence-corrected chi connectivity index (χ1v) is 4.61. The molecule has 2 nitrogen and oxygen atoms in total. The molecule has 0 aliphatic heterocycles. The van der Waals surface area contributed by atoms with Crippen molar-refractivity contribution in [2.24, 2.45) is 0 Å². The van der Waals surface area contributed by atoms with E-state index in [4.69, 9.17) is 16.3 Å². The Hall–Kier alpha value is -1.07. The van der Waals surface area contributed by atoms with Crippen molar-refractivity contribution in [3.8, 4) is 0 Å². The molecule has 88 valence electrons. The van der Waals surface area contributed by atoms with Gasteiger partial charge in [-0.3, -0.25) is 4.79 Å². The lowest BCUT2D eigenvalue weighted by atomic mass is 9.96. The summed E-state index contributed by atoms with van der Waals surface area (Å²) in [6.45, 7) is 1.16. The van der Waals surface area contributed by atoms with E-state index in [9.17, 15) is 18.0 Å². The van der Waals surface area contributed by atoms with Gasteiger partial charge in [0.15, 0.2) is 23.1 Å². The molecule has 0 N–H and O–H groups in total. The molecule has 0 radical (unpaired) electrons. The van der Waals surface area contributed by atoms with Crippen molar-refractivity contribution in [2.75, 3.05) is 7.11 Å². The first kappa shape index (κ1) is 13.0. The predicted molar refractivity (Wildman–Crippen MR) is 51.5 cm³/mol. The number of hydrogen-bond donors (Lipinski definition) is 0. The molecule has 0 saturated heterocycles. The Morgan fingerprint density at radius 3 is 2.31 bits per heavy atom. The lowest BCUT2D eigenvalue weighted by Gasteiger charge is -2.24. The largest absolute Gasteiger partial charge is 0.364 e. The third kappa shape index (κ3) is 1.92. The maximum atomic E-state index is 13.4. The second-order valence-electron chi connectivity index (χ2n) is 3.23. The van der Waals surface area contributed by atoms with E-state index in [2.05, 4.69) is 0 Å². The van der Waals surface area contributed by atoms with Gasteiger partial charge < -0.3 is 4.74 Å². The van der Waals surface area contributed by atoms with Crippen LogP contribution in [-0.4, -0.2) is 12.4 Å². The predicted octanol–water partition coefficient (Wildman–Crippen LogP) is 2.73. The van der Waals surface area contributed by atoms with Gasteiger partial charge in [0.05, 0.1) is 0 Å². The molecule has 0 unspecified atom stereocenters. The van der Waals surface area contributed by atoms with Gasteiger partial charge in [0, 0.05) is 12.7 Å². The molecule has 0 aliphatic carbocycles. The highest BCUT2D eigenvalue weighted by Gasteiger charge is 2.37. The molecule has 0 fully saturated rings. The Morgan fingerprint density at radius 1 is 1.31 bits per heavy atom. The van der Waals surface area contributed by atoms with Gasteiger partial charge in [-0.05, 0) is 30.7 Å². The van der Waals surface area contributed by atoms with Gasteiger partial charge in [0.25, 0.3) is 5.24 Å². The average molecular weight is 253 g/mol. The number of carbonyl (C=O) groups excluding carboxylic acids is 1. The summed E-state index contributed by atoms with van der Waals surface area (Å²) in [7, 11) is 1.11. The molecule has 0 spiro atoms. The molecule has 0 aliphatic rings. The van der Waals surface area contributed by atoms with E-state index in [1.165, 1.54) is 0 Å². The summed E-state index contributed by atoms with van der Waals surface area (Å²) in [6, 6.07) is 1.61. The minimum absolute atomic E-state index is 0.450. The molecule has 1 rings (SSSR count). The van der Waals surface area contributed by atoms with Crippen LogP contribution in [0.1, 0.15) is 12.5 Å². The number of benzene rings is 1. The third-order valence-corrected chi connectivity index (χ3v) is 2.69. The van der Waals surface area contributed by atoms with Crippen molar-refractivity contribution >= 4 is 16.8 Å². The molecule has 16 heavy (non-hydrogen) atoms. The second kappa shape index (κ2) is 4.43. The van der Waals surface area contributed by atoms with Crippen LogP contribution in [0.25, 0.3) is 0 Å². The minimum atomic E-state index is -1.85. The van der Waals surface area contributed by atoms with E-state index < -0.39 is 33.9 Å². The second-order valence-corrected chi connectivity index (χ2v) is 3.58. The summed E-state index contributed by atoms with van der Waals surface area (Å²) in [5, 5.41) is -1.03. The number of hydrogen-bond acceptors (Lipinski definition) is 2. The number of carbonyl (C=O) groups is 1. The van der Waals surface area contributed by atoms with Crippen LogP contribution in [0.2, 0.25) is 0 Å². The normalized spacial score (nSPS) is 14.6. The van der Waals surface area contributed by atoms with Gasteiger partial charge in [0.2, 0.25) is 0 Å². The highest BCUT2D eigenvalue weighted by atomic mass is 35.5. The van der Waals surface area contributed by atoms with Gasteiger partial charge in [-0.15, -0.1) is 0 Å². The van der Waals surface area contributed by atoms with Crippen LogP contribution in [0.15, 0.2) is 12.1 Å². The molecule has 0 aromatic heterocycles. The van der Waals surface area contributed by atoms with Crippen LogP contribution in [0.5, 0.6) is 0 Å². The Morgan fingerprint density at radius 2 is 1.88 bits per heavy atom. The van der Waals surface area contributed by atoms with Gasteiger partial charge >= 0.3 is 0 Å². The Labute approximate surface area is 95.0 Å². The van der Waals surface area contributed by atoms with Crippen LogP contribution in [0, 0.1) is 17.5 Å². The Bertz CT molecular complexity index is 436. The highest BCUT2D eigenvalue weighted by Crippen LogP contribution is 2.31. The van der Waals surface area contributed by atoms with E-state index in [1.807, 2.05) is 0 Å². The van der Waals surface area contributed by atoms with Crippen LogP contribution < -0.4 is 0 Å². The van der Waals surface area contributed by atoms with Gasteiger partial charge in [-0.2, -0.15) is 0 Å². The van der Waals surface area contributed by atoms with E-state index in [0.717, 1.165) is 20.1 Å². The van der Waals surface area contributed by atoms with Crippen LogP contribution in [0.3, 0.4) is 0 Å². The molecule has 1 atom stereocenters. The molecule has 6 heteroatoms. The van der Waals surface area contributed by atoms with Crippen molar-refractivity contribution in [1.29, 1.82) is 0 Å². The molecule has 1 aromatic carbocycles. The SMILES string of the molecule is CO[C@](C)(C(=O)Cl)c1ccc(F)c(F)c1F. The molecule has 0 heterocycles. The molecular formula is C10H8ClF3O2. The quantitative estimate of drug-likeness (QED) is 0.611. The number of halogens is 4. The van der Waals surface area contributed by atoms with E-state index >= 15 is 0 Å². The molecular weight excluding hydrogens is 245 g/mol. The topological polar surface area (TPSA) is 26.3 Å². The van der Waals surface area contributed by atoms with Gasteiger partial charge in [-0.25, -0.2) is 13.2 Å². The maximum absolute atomic E-state index is 13.4. The summed E-state index contributed by atoms with van der Waals surface area (Å²) in [4.78, 5) is 11.1. The summed E-state index contributed by atoms with van der Waals surface area (Å²) in [6.07, 6.45) is 0. The molecule has 0 bridgehead atoms. The lowest BCUT2D eigenvalue weighted by Crippen LogP contribution is -2.32. The van der Waals surface area contributed by atoms with Crippen molar-refractivity contribution in [2.45, 2.75) is 12.5 Å². The zero-order valence-corrected chi connectivity index (χ0v) is 9.24.